The monoisotopic (exact) mass is 428 g/mol. The third-order valence-electron chi connectivity index (χ3n) is 4.55. The lowest BCUT2D eigenvalue weighted by molar-refractivity contribution is -0.137. The molecule has 2 aliphatic rings. The zero-order chi connectivity index (χ0) is 19.3. The quantitative estimate of drug-likeness (QED) is 0.687. The summed E-state index contributed by atoms with van der Waals surface area (Å²) >= 11 is 11.6. The van der Waals surface area contributed by atoms with E-state index in [4.69, 9.17) is 28.6 Å². The molecule has 0 unspecified atom stereocenters. The summed E-state index contributed by atoms with van der Waals surface area (Å²) in [5.41, 5.74) is -0.800. The fourth-order valence-corrected chi connectivity index (χ4v) is 6.00. The molecule has 0 saturated carbocycles. The van der Waals surface area contributed by atoms with Crippen LogP contribution in [-0.4, -0.2) is 62.3 Å². The highest BCUT2D eigenvalue weighted by Gasteiger charge is 2.52. The molecule has 3 rings (SSSR count). The number of thiocarbonyl (C=S) groups is 1. The summed E-state index contributed by atoms with van der Waals surface area (Å²) in [4.78, 5) is 3.14. The number of fused-ring (bicyclic) bond motifs is 1. The van der Waals surface area contributed by atoms with Crippen molar-refractivity contribution in [3.8, 4) is 0 Å². The fraction of sp³-hybridized carbons (Fsp3) is 0.533. The molecule has 2 fully saturated rings. The van der Waals surface area contributed by atoms with Gasteiger partial charge in [0.2, 0.25) is 0 Å². The van der Waals surface area contributed by atoms with Crippen LogP contribution < -0.4 is 4.90 Å². The topological polar surface area (TPSA) is 49.9 Å². The van der Waals surface area contributed by atoms with Gasteiger partial charge in [0, 0.05) is 13.7 Å². The number of alkyl halides is 3. The summed E-state index contributed by atoms with van der Waals surface area (Å²) in [7, 11) is -1.82. The third-order valence-corrected chi connectivity index (χ3v) is 7.00. The molecule has 11 heteroatoms. The summed E-state index contributed by atoms with van der Waals surface area (Å²) in [6.45, 7) is 0.659. The van der Waals surface area contributed by atoms with E-state index in [0.717, 1.165) is 18.2 Å². The van der Waals surface area contributed by atoms with Gasteiger partial charge >= 0.3 is 6.18 Å². The number of rotatable bonds is 4. The average molecular weight is 429 g/mol. The van der Waals surface area contributed by atoms with Gasteiger partial charge in [-0.3, -0.25) is 0 Å². The first-order valence-corrected chi connectivity index (χ1v) is 10.3. The van der Waals surface area contributed by atoms with Crippen molar-refractivity contribution >= 4 is 44.5 Å². The summed E-state index contributed by atoms with van der Waals surface area (Å²) in [6.07, 6.45) is -4.54. The molecule has 2 atom stereocenters. The minimum atomic E-state index is -4.54. The second-order valence-corrected chi connectivity index (χ2v) is 9.14. The molecule has 0 radical (unpaired) electrons. The number of halogens is 4. The average Bonchev–Trinajstić information content (AvgIpc) is 2.95. The maximum absolute atomic E-state index is 13.1. The number of hydrogen-bond donors (Lipinski definition) is 0. The van der Waals surface area contributed by atoms with Gasteiger partial charge in [0.05, 0.1) is 46.5 Å². The van der Waals surface area contributed by atoms with Crippen molar-refractivity contribution in [3.63, 3.8) is 0 Å². The van der Waals surface area contributed by atoms with E-state index in [9.17, 15) is 21.6 Å². The maximum atomic E-state index is 13.1. The summed E-state index contributed by atoms with van der Waals surface area (Å²) in [5.74, 6) is -0.289. The number of nitrogens with zero attached hydrogens (tertiary/aromatic N) is 2. The van der Waals surface area contributed by atoms with E-state index in [0.29, 0.717) is 13.2 Å². The Morgan fingerprint density at radius 3 is 2.58 bits per heavy atom. The highest BCUT2D eigenvalue weighted by Crippen LogP contribution is 2.41. The Hall–Kier alpha value is -1.10. The smallest absolute Gasteiger partial charge is 0.383 e. The van der Waals surface area contributed by atoms with Crippen molar-refractivity contribution < 1.29 is 26.3 Å². The Bertz CT molecular complexity index is 832. The highest BCUT2D eigenvalue weighted by molar-refractivity contribution is 7.91. The second kappa shape index (κ2) is 6.81. The van der Waals surface area contributed by atoms with Crippen LogP contribution in [0.5, 0.6) is 0 Å². The first kappa shape index (κ1) is 19.7. The van der Waals surface area contributed by atoms with Crippen molar-refractivity contribution in [1.29, 1.82) is 0 Å². The standard InChI is InChI=1S/C15H16ClF3N2O3S2/c1-24-5-4-20-12-7-26(22,23)8-13(12)21(14(20)25)11-6-9(15(17,18)19)2-3-10(11)16/h2-3,6,12-13H,4-5,7-8H2,1H3/t12-,13-/m0/s1. The predicted octanol–water partition coefficient (Wildman–Crippen LogP) is 2.58. The first-order valence-electron chi connectivity index (χ1n) is 7.71. The van der Waals surface area contributed by atoms with E-state index < -0.39 is 33.7 Å². The van der Waals surface area contributed by atoms with Crippen molar-refractivity contribution in [2.45, 2.75) is 18.3 Å². The summed E-state index contributed by atoms with van der Waals surface area (Å²) in [6, 6.07) is 1.93. The summed E-state index contributed by atoms with van der Waals surface area (Å²) < 4.78 is 68.6. The minimum Gasteiger partial charge on any atom is -0.383 e. The maximum Gasteiger partial charge on any atom is 0.416 e. The van der Waals surface area contributed by atoms with Crippen LogP contribution >= 0.6 is 23.8 Å². The van der Waals surface area contributed by atoms with Gasteiger partial charge in [-0.2, -0.15) is 13.2 Å². The molecule has 0 spiro atoms. The van der Waals surface area contributed by atoms with Gasteiger partial charge in [-0.25, -0.2) is 8.42 Å². The van der Waals surface area contributed by atoms with Crippen LogP contribution in [0.3, 0.4) is 0 Å². The van der Waals surface area contributed by atoms with Crippen LogP contribution in [-0.2, 0) is 20.8 Å². The highest BCUT2D eigenvalue weighted by atomic mass is 35.5. The second-order valence-electron chi connectivity index (χ2n) is 6.21. The van der Waals surface area contributed by atoms with Crippen molar-refractivity contribution in [3.05, 3.63) is 28.8 Å². The number of sulfone groups is 1. The van der Waals surface area contributed by atoms with Crippen LogP contribution in [0.2, 0.25) is 5.02 Å². The number of hydrogen-bond acceptors (Lipinski definition) is 4. The van der Waals surface area contributed by atoms with E-state index in [1.807, 2.05) is 0 Å². The van der Waals surface area contributed by atoms with E-state index >= 15 is 0 Å². The first-order chi connectivity index (χ1) is 12.0. The molecule has 0 N–H and O–H groups in total. The van der Waals surface area contributed by atoms with Gasteiger partial charge in [0.1, 0.15) is 0 Å². The van der Waals surface area contributed by atoms with E-state index in [1.165, 1.54) is 12.0 Å². The van der Waals surface area contributed by atoms with Crippen LogP contribution in [0.4, 0.5) is 18.9 Å². The Balaban J connectivity index is 2.05. The largest absolute Gasteiger partial charge is 0.416 e. The molecule has 26 heavy (non-hydrogen) atoms. The van der Waals surface area contributed by atoms with Gasteiger partial charge in [0.15, 0.2) is 14.9 Å². The molecule has 0 amide bonds. The van der Waals surface area contributed by atoms with Gasteiger partial charge in [0.25, 0.3) is 0 Å². The van der Waals surface area contributed by atoms with Crippen LogP contribution in [0.25, 0.3) is 0 Å². The lowest BCUT2D eigenvalue weighted by Gasteiger charge is -2.26. The molecule has 5 nitrogen and oxygen atoms in total. The fourth-order valence-electron chi connectivity index (χ4n) is 3.38. The normalized spacial score (nSPS) is 25.0. The van der Waals surface area contributed by atoms with E-state index in [2.05, 4.69) is 0 Å². The van der Waals surface area contributed by atoms with Gasteiger partial charge in [-0.15, -0.1) is 0 Å². The molecule has 144 valence electrons. The molecule has 2 heterocycles. The molecule has 2 saturated heterocycles. The van der Waals surface area contributed by atoms with E-state index in [1.54, 1.807) is 4.90 Å². The summed E-state index contributed by atoms with van der Waals surface area (Å²) in [5, 5.41) is 0.338. The number of methoxy groups -OCH3 is 1. The van der Waals surface area contributed by atoms with Crippen molar-refractivity contribution in [2.75, 3.05) is 36.7 Å². The Morgan fingerprint density at radius 2 is 1.96 bits per heavy atom. The molecule has 1 aromatic carbocycles. The third kappa shape index (κ3) is 3.51. The number of anilines is 1. The molecule has 2 aliphatic heterocycles. The lowest BCUT2D eigenvalue weighted by Crippen LogP contribution is -2.39. The number of benzene rings is 1. The van der Waals surface area contributed by atoms with Crippen LogP contribution in [0.15, 0.2) is 18.2 Å². The predicted molar refractivity (Wildman–Crippen MR) is 96.3 cm³/mol. The number of ether oxygens (including phenoxy) is 1. The minimum absolute atomic E-state index is 0.0681. The van der Waals surface area contributed by atoms with Gasteiger partial charge in [-0.1, -0.05) is 11.6 Å². The Labute approximate surface area is 159 Å². The van der Waals surface area contributed by atoms with Crippen molar-refractivity contribution in [2.24, 2.45) is 0 Å². The molecule has 1 aromatic rings. The zero-order valence-electron chi connectivity index (χ0n) is 13.7. The van der Waals surface area contributed by atoms with Crippen LogP contribution in [0.1, 0.15) is 5.56 Å². The zero-order valence-corrected chi connectivity index (χ0v) is 16.1. The van der Waals surface area contributed by atoms with Gasteiger partial charge < -0.3 is 14.5 Å². The lowest BCUT2D eigenvalue weighted by atomic mass is 10.1. The van der Waals surface area contributed by atoms with Gasteiger partial charge in [-0.05, 0) is 30.4 Å². The molecule has 0 aliphatic carbocycles. The van der Waals surface area contributed by atoms with E-state index in [-0.39, 0.29) is 27.3 Å². The Morgan fingerprint density at radius 1 is 1.31 bits per heavy atom. The van der Waals surface area contributed by atoms with Crippen molar-refractivity contribution in [1.82, 2.24) is 4.90 Å². The Kier molecular flexibility index (Phi) is 5.15. The van der Waals surface area contributed by atoms with Crippen LogP contribution in [0, 0.1) is 0 Å². The SMILES string of the molecule is COCCN1C(=S)N(c2cc(C(F)(F)F)ccc2Cl)[C@H]2CS(=O)(=O)C[C@@H]21. The molecule has 0 aromatic heterocycles. The molecular weight excluding hydrogens is 413 g/mol. The molecular formula is C15H16ClF3N2O3S2. The molecule has 0 bridgehead atoms.